The summed E-state index contributed by atoms with van der Waals surface area (Å²) in [4.78, 5) is 0. The Kier molecular flexibility index (Phi) is 4.05. The van der Waals surface area contributed by atoms with Crippen molar-refractivity contribution in [3.05, 3.63) is 41.7 Å². The molecule has 1 aromatic heterocycles. The van der Waals surface area contributed by atoms with Crippen LogP contribution in [-0.2, 0) is 11.8 Å². The van der Waals surface area contributed by atoms with E-state index in [4.69, 9.17) is 9.63 Å². The van der Waals surface area contributed by atoms with Crippen LogP contribution in [0.1, 0.15) is 38.5 Å². The first-order valence-electron chi connectivity index (χ1n) is 6.68. The maximum Gasteiger partial charge on any atom is 0.137 e. The molecule has 0 atom stereocenters. The molecule has 0 saturated heterocycles. The third-order valence-corrected chi connectivity index (χ3v) is 3.19. The Labute approximate surface area is 114 Å². The molecule has 0 aliphatic rings. The molecule has 3 heteroatoms. The first-order valence-corrected chi connectivity index (χ1v) is 6.68. The van der Waals surface area contributed by atoms with Crippen molar-refractivity contribution in [2.45, 2.75) is 39.0 Å². The van der Waals surface area contributed by atoms with Crippen LogP contribution >= 0.6 is 0 Å². The minimum atomic E-state index is 0.161. The minimum absolute atomic E-state index is 0.161. The Hall–Kier alpha value is -1.61. The summed E-state index contributed by atoms with van der Waals surface area (Å²) in [5, 5.41) is 12.9. The Morgan fingerprint density at radius 1 is 1.16 bits per heavy atom. The molecule has 0 radical (unpaired) electrons. The number of aryl methyl sites for hydroxylation is 1. The van der Waals surface area contributed by atoms with Gasteiger partial charge in [0.1, 0.15) is 11.5 Å². The number of rotatable bonds is 4. The second-order valence-electron chi connectivity index (χ2n) is 5.83. The fourth-order valence-corrected chi connectivity index (χ4v) is 1.96. The van der Waals surface area contributed by atoms with Crippen LogP contribution in [0.4, 0.5) is 0 Å². The van der Waals surface area contributed by atoms with Crippen LogP contribution in [0.5, 0.6) is 0 Å². The lowest BCUT2D eigenvalue weighted by Gasteiger charge is -2.18. The molecule has 0 spiro atoms. The van der Waals surface area contributed by atoms with Gasteiger partial charge in [0.05, 0.1) is 0 Å². The quantitative estimate of drug-likeness (QED) is 0.913. The molecule has 0 bridgehead atoms. The van der Waals surface area contributed by atoms with Crippen LogP contribution < -0.4 is 0 Å². The van der Waals surface area contributed by atoms with Gasteiger partial charge in [0.15, 0.2) is 0 Å². The van der Waals surface area contributed by atoms with Crippen molar-refractivity contribution in [1.29, 1.82) is 0 Å². The lowest BCUT2D eigenvalue weighted by Crippen LogP contribution is -2.10. The van der Waals surface area contributed by atoms with Crippen LogP contribution in [-0.4, -0.2) is 16.9 Å². The van der Waals surface area contributed by atoms with Crippen LogP contribution in [0.25, 0.3) is 11.3 Å². The van der Waals surface area contributed by atoms with E-state index < -0.39 is 0 Å². The fraction of sp³-hybridized carbons (Fsp3) is 0.438. The smallest absolute Gasteiger partial charge is 0.137 e. The molecule has 0 aliphatic carbocycles. The van der Waals surface area contributed by atoms with Gasteiger partial charge in [-0.3, -0.25) is 0 Å². The summed E-state index contributed by atoms with van der Waals surface area (Å²) in [6.45, 7) is 6.78. The van der Waals surface area contributed by atoms with Gasteiger partial charge in [0.2, 0.25) is 0 Å². The largest absolute Gasteiger partial charge is 0.396 e. The summed E-state index contributed by atoms with van der Waals surface area (Å²) >= 11 is 0. The molecule has 0 aliphatic heterocycles. The van der Waals surface area contributed by atoms with Crippen molar-refractivity contribution in [3.63, 3.8) is 0 Å². The summed E-state index contributed by atoms with van der Waals surface area (Å²) in [7, 11) is 0. The molecule has 3 nitrogen and oxygen atoms in total. The maximum absolute atomic E-state index is 8.80. The zero-order chi connectivity index (χ0) is 13.9. The van der Waals surface area contributed by atoms with E-state index in [1.54, 1.807) is 0 Å². The van der Waals surface area contributed by atoms with Crippen molar-refractivity contribution in [1.82, 2.24) is 5.16 Å². The molecule has 1 N–H and O–H groups in total. The zero-order valence-corrected chi connectivity index (χ0v) is 11.8. The standard InChI is InChI=1S/C16H21NO2/c1-16(2,3)13-8-6-12(7-9-13)15-11-14(19-17-15)5-4-10-18/h6-9,11,18H,4-5,10H2,1-3H3. The molecule has 0 unspecified atom stereocenters. The number of aliphatic hydroxyl groups excluding tert-OH is 1. The predicted octanol–water partition coefficient (Wildman–Crippen LogP) is 3.56. The van der Waals surface area contributed by atoms with E-state index in [1.807, 2.05) is 6.07 Å². The first kappa shape index (κ1) is 13.8. The number of hydrogen-bond donors (Lipinski definition) is 1. The Morgan fingerprint density at radius 3 is 2.42 bits per heavy atom. The average Bonchev–Trinajstić information content (AvgIpc) is 2.84. The van der Waals surface area contributed by atoms with Crippen LogP contribution in [0.3, 0.4) is 0 Å². The summed E-state index contributed by atoms with van der Waals surface area (Å²) in [6, 6.07) is 10.4. The Bertz CT molecular complexity index is 520. The molecule has 2 rings (SSSR count). The monoisotopic (exact) mass is 259 g/mol. The highest BCUT2D eigenvalue weighted by molar-refractivity contribution is 5.59. The maximum atomic E-state index is 8.80. The first-order chi connectivity index (χ1) is 9.00. The molecule has 1 aromatic carbocycles. The van der Waals surface area contributed by atoms with Crippen LogP contribution in [0, 0.1) is 0 Å². The van der Waals surface area contributed by atoms with Crippen molar-refractivity contribution in [3.8, 4) is 11.3 Å². The van der Waals surface area contributed by atoms with Crippen LogP contribution in [0.15, 0.2) is 34.9 Å². The van der Waals surface area contributed by atoms with Gasteiger partial charge in [-0.25, -0.2) is 0 Å². The number of benzene rings is 1. The third-order valence-electron chi connectivity index (χ3n) is 3.19. The van der Waals surface area contributed by atoms with Gasteiger partial charge in [-0.2, -0.15) is 0 Å². The van der Waals surface area contributed by atoms with Crippen molar-refractivity contribution in [2.75, 3.05) is 6.61 Å². The highest BCUT2D eigenvalue weighted by Gasteiger charge is 2.14. The van der Waals surface area contributed by atoms with Gasteiger partial charge in [-0.1, -0.05) is 50.2 Å². The fourth-order valence-electron chi connectivity index (χ4n) is 1.96. The summed E-state index contributed by atoms with van der Waals surface area (Å²) in [5.74, 6) is 0.823. The molecule has 19 heavy (non-hydrogen) atoms. The second-order valence-corrected chi connectivity index (χ2v) is 5.83. The topological polar surface area (TPSA) is 46.3 Å². The highest BCUT2D eigenvalue weighted by Crippen LogP contribution is 2.26. The number of hydrogen-bond acceptors (Lipinski definition) is 3. The number of aromatic nitrogens is 1. The number of nitrogens with zero attached hydrogens (tertiary/aromatic N) is 1. The van der Waals surface area contributed by atoms with E-state index in [1.165, 1.54) is 5.56 Å². The summed E-state index contributed by atoms with van der Waals surface area (Å²) in [6.07, 6.45) is 1.43. The van der Waals surface area contributed by atoms with E-state index in [0.717, 1.165) is 23.4 Å². The zero-order valence-electron chi connectivity index (χ0n) is 11.8. The predicted molar refractivity (Wildman–Crippen MR) is 76.0 cm³/mol. The van der Waals surface area contributed by atoms with Gasteiger partial charge >= 0.3 is 0 Å². The summed E-state index contributed by atoms with van der Waals surface area (Å²) in [5.41, 5.74) is 3.38. The molecule has 0 amide bonds. The summed E-state index contributed by atoms with van der Waals surface area (Å²) < 4.78 is 5.26. The molecule has 0 fully saturated rings. The highest BCUT2D eigenvalue weighted by atomic mass is 16.5. The van der Waals surface area contributed by atoms with E-state index >= 15 is 0 Å². The molecule has 1 heterocycles. The van der Waals surface area contributed by atoms with Crippen molar-refractivity contribution >= 4 is 0 Å². The average molecular weight is 259 g/mol. The Morgan fingerprint density at radius 2 is 1.84 bits per heavy atom. The lowest BCUT2D eigenvalue weighted by molar-refractivity contribution is 0.280. The molecule has 102 valence electrons. The van der Waals surface area contributed by atoms with Gasteiger partial charge in [-0.15, -0.1) is 0 Å². The van der Waals surface area contributed by atoms with Gasteiger partial charge < -0.3 is 9.63 Å². The van der Waals surface area contributed by atoms with Gasteiger partial charge in [0, 0.05) is 24.7 Å². The second kappa shape index (κ2) is 5.57. The minimum Gasteiger partial charge on any atom is -0.396 e. The third kappa shape index (κ3) is 3.44. The van der Waals surface area contributed by atoms with Gasteiger partial charge in [0.25, 0.3) is 0 Å². The van der Waals surface area contributed by atoms with E-state index in [0.29, 0.717) is 6.42 Å². The normalized spacial score (nSPS) is 11.8. The van der Waals surface area contributed by atoms with Crippen LogP contribution in [0.2, 0.25) is 0 Å². The van der Waals surface area contributed by atoms with Gasteiger partial charge in [-0.05, 0) is 17.4 Å². The van der Waals surface area contributed by atoms with Crippen molar-refractivity contribution < 1.29 is 9.63 Å². The SMILES string of the molecule is CC(C)(C)c1ccc(-c2cc(CCCO)on2)cc1. The molecular weight excluding hydrogens is 238 g/mol. The molecule has 2 aromatic rings. The lowest BCUT2D eigenvalue weighted by atomic mass is 9.86. The molecular formula is C16H21NO2. The molecule has 0 saturated carbocycles. The van der Waals surface area contributed by atoms with E-state index in [9.17, 15) is 0 Å². The Balaban J connectivity index is 2.16. The van der Waals surface area contributed by atoms with E-state index in [2.05, 4.69) is 50.2 Å². The van der Waals surface area contributed by atoms with Crippen molar-refractivity contribution in [2.24, 2.45) is 0 Å². The van der Waals surface area contributed by atoms with E-state index in [-0.39, 0.29) is 12.0 Å². The number of aliphatic hydroxyl groups is 1.